The Bertz CT molecular complexity index is 810. The maximum Gasteiger partial charge on any atom is 0.329 e. The first kappa shape index (κ1) is 19.9. The van der Waals surface area contributed by atoms with Gasteiger partial charge in [0.05, 0.1) is 19.2 Å². The van der Waals surface area contributed by atoms with Crippen LogP contribution in [-0.2, 0) is 9.53 Å². The number of anilines is 2. The number of hydrogen-bond donors (Lipinski definition) is 1. The maximum absolute atomic E-state index is 13.5. The number of esters is 1. The van der Waals surface area contributed by atoms with E-state index in [-0.39, 0.29) is 24.5 Å². The second kappa shape index (κ2) is 8.44. The molecule has 2 atom stereocenters. The predicted molar refractivity (Wildman–Crippen MR) is 110 cm³/mol. The Morgan fingerprint density at radius 2 is 1.68 bits per heavy atom. The van der Waals surface area contributed by atoms with Gasteiger partial charge in [0.2, 0.25) is 0 Å². The molecule has 6 heteroatoms. The molecule has 1 aliphatic rings. The first-order chi connectivity index (χ1) is 13.5. The van der Waals surface area contributed by atoms with Crippen LogP contribution in [0.4, 0.5) is 16.2 Å². The van der Waals surface area contributed by atoms with Gasteiger partial charge in [-0.2, -0.15) is 0 Å². The van der Waals surface area contributed by atoms with Crippen molar-refractivity contribution in [3.05, 3.63) is 60.7 Å². The van der Waals surface area contributed by atoms with Crippen LogP contribution in [-0.4, -0.2) is 37.2 Å². The summed E-state index contributed by atoms with van der Waals surface area (Å²) in [7, 11) is 1.38. The van der Waals surface area contributed by atoms with Gasteiger partial charge in [0, 0.05) is 23.8 Å². The lowest BCUT2D eigenvalue weighted by molar-refractivity contribution is -0.141. The van der Waals surface area contributed by atoms with Gasteiger partial charge in [-0.1, -0.05) is 36.4 Å². The molecule has 2 N–H and O–H groups in total. The molecule has 0 bridgehead atoms. The van der Waals surface area contributed by atoms with Gasteiger partial charge in [-0.25, -0.2) is 4.79 Å². The van der Waals surface area contributed by atoms with Crippen LogP contribution in [0.1, 0.15) is 26.2 Å². The number of ether oxygens (including phenoxy) is 1. The van der Waals surface area contributed by atoms with Gasteiger partial charge < -0.3 is 10.5 Å². The molecular formula is C22H27N3O3. The van der Waals surface area contributed by atoms with Crippen LogP contribution in [0.5, 0.6) is 0 Å². The van der Waals surface area contributed by atoms with Crippen LogP contribution >= 0.6 is 0 Å². The number of urea groups is 1. The first-order valence-electron chi connectivity index (χ1n) is 9.51. The van der Waals surface area contributed by atoms with E-state index in [1.165, 1.54) is 7.11 Å². The lowest BCUT2D eigenvalue weighted by Crippen LogP contribution is -2.51. The smallest absolute Gasteiger partial charge is 0.329 e. The Morgan fingerprint density at radius 3 is 2.21 bits per heavy atom. The molecule has 0 spiro atoms. The zero-order valence-corrected chi connectivity index (χ0v) is 16.4. The number of carbonyl (C=O) groups excluding carboxylic acids is 2. The Balaban J connectivity index is 2.05. The summed E-state index contributed by atoms with van der Waals surface area (Å²) in [5.74, 6) is -0.289. The summed E-state index contributed by atoms with van der Waals surface area (Å²) in [6.07, 6.45) is 1.28. The Labute approximate surface area is 165 Å². The number of methoxy groups -OCH3 is 1. The standard InChI is InChI=1S/C22H27N3O3/c1-17(23)15-22(14-13-20(26)28-2)16-24(18-9-5-3-6-10-18)21(27)25(22)19-11-7-4-8-12-19/h3-12,17H,13-16,23H2,1-2H3. The van der Waals surface area contributed by atoms with E-state index >= 15 is 0 Å². The second-order valence-corrected chi connectivity index (χ2v) is 7.36. The largest absolute Gasteiger partial charge is 0.469 e. The molecule has 1 saturated heterocycles. The highest BCUT2D eigenvalue weighted by Crippen LogP contribution is 2.40. The zero-order valence-electron chi connectivity index (χ0n) is 16.4. The molecule has 0 radical (unpaired) electrons. The lowest BCUT2D eigenvalue weighted by Gasteiger charge is -2.38. The highest BCUT2D eigenvalue weighted by Gasteiger charge is 2.51. The van der Waals surface area contributed by atoms with Crippen molar-refractivity contribution in [1.29, 1.82) is 0 Å². The van der Waals surface area contributed by atoms with Crippen LogP contribution in [0.2, 0.25) is 0 Å². The van der Waals surface area contributed by atoms with Crippen molar-refractivity contribution >= 4 is 23.4 Å². The first-order valence-corrected chi connectivity index (χ1v) is 9.51. The molecular weight excluding hydrogens is 354 g/mol. The molecule has 6 nitrogen and oxygen atoms in total. The van der Waals surface area contributed by atoms with E-state index in [2.05, 4.69) is 0 Å². The fourth-order valence-electron chi connectivity index (χ4n) is 4.01. The van der Waals surface area contributed by atoms with E-state index in [0.29, 0.717) is 19.4 Å². The minimum absolute atomic E-state index is 0.108. The molecule has 148 valence electrons. The molecule has 1 heterocycles. The molecule has 2 aromatic carbocycles. The summed E-state index contributed by atoms with van der Waals surface area (Å²) in [6, 6.07) is 18.9. The summed E-state index contributed by atoms with van der Waals surface area (Å²) in [5.41, 5.74) is 7.23. The van der Waals surface area contributed by atoms with Gasteiger partial charge in [0.1, 0.15) is 0 Å². The highest BCUT2D eigenvalue weighted by atomic mass is 16.5. The summed E-state index contributed by atoms with van der Waals surface area (Å²) in [6.45, 7) is 2.39. The molecule has 3 rings (SSSR count). The number of nitrogens with zero attached hydrogens (tertiary/aromatic N) is 2. The predicted octanol–water partition coefficient (Wildman–Crippen LogP) is 3.56. The second-order valence-electron chi connectivity index (χ2n) is 7.36. The van der Waals surface area contributed by atoms with E-state index in [9.17, 15) is 9.59 Å². The van der Waals surface area contributed by atoms with Crippen LogP contribution in [0.3, 0.4) is 0 Å². The summed E-state index contributed by atoms with van der Waals surface area (Å²) < 4.78 is 4.85. The van der Waals surface area contributed by atoms with Crippen LogP contribution in [0.25, 0.3) is 0 Å². The minimum Gasteiger partial charge on any atom is -0.469 e. The van der Waals surface area contributed by atoms with Gasteiger partial charge in [-0.05, 0) is 44.0 Å². The number of benzene rings is 2. The van der Waals surface area contributed by atoms with E-state index in [0.717, 1.165) is 11.4 Å². The van der Waals surface area contributed by atoms with Crippen LogP contribution in [0, 0.1) is 0 Å². The number of amides is 2. The molecule has 1 fully saturated rings. The Hall–Kier alpha value is -2.86. The molecule has 0 aromatic heterocycles. The number of rotatable bonds is 7. The summed E-state index contributed by atoms with van der Waals surface area (Å²) in [5, 5.41) is 0. The van der Waals surface area contributed by atoms with E-state index in [1.807, 2.05) is 72.5 Å². The van der Waals surface area contributed by atoms with Crippen molar-refractivity contribution < 1.29 is 14.3 Å². The highest BCUT2D eigenvalue weighted by molar-refractivity contribution is 6.07. The van der Waals surface area contributed by atoms with E-state index < -0.39 is 5.54 Å². The number of hydrogen-bond acceptors (Lipinski definition) is 4. The topological polar surface area (TPSA) is 75.9 Å². The lowest BCUT2D eigenvalue weighted by atomic mass is 9.85. The van der Waals surface area contributed by atoms with Crippen molar-refractivity contribution in [2.45, 2.75) is 37.8 Å². The molecule has 0 aliphatic carbocycles. The van der Waals surface area contributed by atoms with Crippen molar-refractivity contribution in [3.63, 3.8) is 0 Å². The minimum atomic E-state index is -0.601. The Morgan fingerprint density at radius 1 is 1.11 bits per heavy atom. The molecule has 0 saturated carbocycles. The quantitative estimate of drug-likeness (QED) is 0.744. The normalized spacial score (nSPS) is 20.3. The SMILES string of the molecule is COC(=O)CCC1(CC(C)N)CN(c2ccccc2)C(=O)N1c1ccccc1. The molecule has 2 amide bonds. The van der Waals surface area contributed by atoms with Crippen molar-refractivity contribution in [2.75, 3.05) is 23.5 Å². The fourth-order valence-corrected chi connectivity index (χ4v) is 4.01. The van der Waals surface area contributed by atoms with Crippen molar-refractivity contribution in [1.82, 2.24) is 0 Å². The van der Waals surface area contributed by atoms with E-state index in [1.54, 1.807) is 4.90 Å². The van der Waals surface area contributed by atoms with E-state index in [4.69, 9.17) is 10.5 Å². The third-order valence-corrected chi connectivity index (χ3v) is 5.16. The van der Waals surface area contributed by atoms with Crippen LogP contribution in [0.15, 0.2) is 60.7 Å². The van der Waals surface area contributed by atoms with Gasteiger partial charge in [0.25, 0.3) is 0 Å². The van der Waals surface area contributed by atoms with Gasteiger partial charge in [-0.15, -0.1) is 0 Å². The molecule has 28 heavy (non-hydrogen) atoms. The summed E-state index contributed by atoms with van der Waals surface area (Å²) in [4.78, 5) is 29.0. The van der Waals surface area contributed by atoms with Crippen molar-refractivity contribution in [3.8, 4) is 0 Å². The van der Waals surface area contributed by atoms with Gasteiger partial charge in [0.15, 0.2) is 0 Å². The average Bonchev–Trinajstić information content (AvgIpc) is 2.99. The maximum atomic E-state index is 13.5. The summed E-state index contributed by atoms with van der Waals surface area (Å²) >= 11 is 0. The van der Waals surface area contributed by atoms with Gasteiger partial charge >= 0.3 is 12.0 Å². The van der Waals surface area contributed by atoms with Crippen molar-refractivity contribution in [2.24, 2.45) is 5.73 Å². The zero-order chi connectivity index (χ0) is 20.1. The average molecular weight is 381 g/mol. The Kier molecular flexibility index (Phi) is 5.99. The fraction of sp³-hybridized carbons (Fsp3) is 0.364. The number of para-hydroxylation sites is 2. The number of carbonyl (C=O) groups is 2. The molecule has 2 unspecified atom stereocenters. The van der Waals surface area contributed by atoms with Crippen LogP contribution < -0.4 is 15.5 Å². The molecule has 2 aromatic rings. The number of nitrogens with two attached hydrogens (primary N) is 1. The monoisotopic (exact) mass is 381 g/mol. The van der Waals surface area contributed by atoms with Gasteiger partial charge in [-0.3, -0.25) is 14.6 Å². The molecule has 1 aliphatic heterocycles. The third kappa shape index (κ3) is 4.02. The third-order valence-electron chi connectivity index (χ3n) is 5.16.